The highest BCUT2D eigenvalue weighted by atomic mass is 19.1. The number of Topliss-reactive ketones (excluding diaryl/α,β-unsaturated/α-hetero) is 1. The number of benzene rings is 2. The quantitative estimate of drug-likeness (QED) is 0.352. The molecule has 0 aromatic heterocycles. The predicted molar refractivity (Wildman–Crippen MR) is 126 cm³/mol. The van der Waals surface area contributed by atoms with Gasteiger partial charge in [0, 0.05) is 24.6 Å². The van der Waals surface area contributed by atoms with E-state index in [9.17, 15) is 18.8 Å². The lowest BCUT2D eigenvalue weighted by Crippen LogP contribution is -2.27. The molecule has 8 heteroatoms. The second-order valence-corrected chi connectivity index (χ2v) is 9.20. The Balaban J connectivity index is 1.19. The van der Waals surface area contributed by atoms with Crippen molar-refractivity contribution in [3.05, 3.63) is 59.4 Å². The molecule has 2 N–H and O–H groups in total. The van der Waals surface area contributed by atoms with E-state index < -0.39 is 11.8 Å². The molecule has 7 nitrogen and oxygen atoms in total. The number of carbonyl (C=O) groups excluding carboxylic acids is 2. The molecule has 0 bridgehead atoms. The summed E-state index contributed by atoms with van der Waals surface area (Å²) >= 11 is 0. The van der Waals surface area contributed by atoms with Crippen LogP contribution in [0.4, 0.5) is 4.39 Å². The lowest BCUT2D eigenvalue weighted by molar-refractivity contribution is -0.143. The number of rotatable bonds is 11. The van der Waals surface area contributed by atoms with E-state index in [1.54, 1.807) is 30.3 Å². The second kappa shape index (κ2) is 11.3. The maximum absolute atomic E-state index is 14.5. The number of ketones is 1. The van der Waals surface area contributed by atoms with Crippen LogP contribution < -0.4 is 14.8 Å². The fourth-order valence-corrected chi connectivity index (χ4v) is 4.17. The number of carbonyl (C=O) groups is 3. The molecule has 0 heterocycles. The van der Waals surface area contributed by atoms with Gasteiger partial charge in [-0.3, -0.25) is 14.4 Å². The molecule has 0 aliphatic heterocycles. The molecule has 0 unspecified atom stereocenters. The monoisotopic (exact) mass is 483 g/mol. The van der Waals surface area contributed by atoms with E-state index in [0.717, 1.165) is 18.6 Å². The summed E-state index contributed by atoms with van der Waals surface area (Å²) in [5.41, 5.74) is 0.502. The summed E-state index contributed by atoms with van der Waals surface area (Å²) < 4.78 is 26.0. The van der Waals surface area contributed by atoms with Gasteiger partial charge in [0.2, 0.25) is 0 Å². The molecule has 4 rings (SSSR count). The smallest absolute Gasteiger partial charge is 0.306 e. The van der Waals surface area contributed by atoms with Gasteiger partial charge < -0.3 is 19.9 Å². The number of ether oxygens (including phenoxy) is 2. The number of halogens is 1. The SMILES string of the molecule is O=C(NCCCC(=O)c1ccc(OC2CCC(C(=O)O)CC2)cc1F)c1ccc(OC2CC2)cc1. The number of hydrogen-bond donors (Lipinski definition) is 2. The maximum atomic E-state index is 14.5. The first-order valence-electron chi connectivity index (χ1n) is 12.2. The van der Waals surface area contributed by atoms with Gasteiger partial charge in [-0.1, -0.05) is 0 Å². The molecule has 2 aromatic carbocycles. The third-order valence-electron chi connectivity index (χ3n) is 6.38. The lowest BCUT2D eigenvalue weighted by atomic mass is 9.87. The molecule has 1 amide bonds. The van der Waals surface area contributed by atoms with Crippen molar-refractivity contribution in [2.45, 2.75) is 63.6 Å². The summed E-state index contributed by atoms with van der Waals surface area (Å²) in [5, 5.41) is 11.9. The van der Waals surface area contributed by atoms with E-state index in [-0.39, 0.29) is 35.7 Å². The Labute approximate surface area is 203 Å². The normalized spacial score (nSPS) is 19.6. The van der Waals surface area contributed by atoms with Crippen molar-refractivity contribution in [1.82, 2.24) is 5.32 Å². The fraction of sp³-hybridized carbons (Fsp3) is 0.444. The largest absolute Gasteiger partial charge is 0.490 e. The van der Waals surface area contributed by atoms with Gasteiger partial charge in [-0.2, -0.15) is 0 Å². The molecule has 0 atom stereocenters. The summed E-state index contributed by atoms with van der Waals surface area (Å²) in [6.45, 7) is 0.298. The van der Waals surface area contributed by atoms with Crippen LogP contribution in [-0.2, 0) is 4.79 Å². The zero-order valence-electron chi connectivity index (χ0n) is 19.5. The van der Waals surface area contributed by atoms with Crippen LogP contribution in [0.5, 0.6) is 11.5 Å². The van der Waals surface area contributed by atoms with Crippen LogP contribution in [0.25, 0.3) is 0 Å². The van der Waals surface area contributed by atoms with Crippen molar-refractivity contribution < 1.29 is 33.4 Å². The van der Waals surface area contributed by atoms with E-state index in [4.69, 9.17) is 14.6 Å². The van der Waals surface area contributed by atoms with Crippen LogP contribution >= 0.6 is 0 Å². The average Bonchev–Trinajstić information content (AvgIpc) is 3.66. The Hall–Kier alpha value is -3.42. The lowest BCUT2D eigenvalue weighted by Gasteiger charge is -2.26. The molecule has 2 fully saturated rings. The standard InChI is InChI=1S/C27H30FNO6/c28-24-16-22(35-20-9-5-18(6-10-20)27(32)33)13-14-23(24)25(30)2-1-15-29-26(31)17-3-7-19(8-4-17)34-21-11-12-21/h3-4,7-8,13-14,16,18,20-21H,1-2,5-6,9-12,15H2,(H,29,31)(H,32,33). The average molecular weight is 484 g/mol. The highest BCUT2D eigenvalue weighted by molar-refractivity contribution is 5.96. The van der Waals surface area contributed by atoms with Crippen molar-refractivity contribution in [2.24, 2.45) is 5.92 Å². The highest BCUT2D eigenvalue weighted by Gasteiger charge is 2.27. The van der Waals surface area contributed by atoms with Crippen molar-refractivity contribution in [3.63, 3.8) is 0 Å². The van der Waals surface area contributed by atoms with Crippen LogP contribution in [0.15, 0.2) is 42.5 Å². The third kappa shape index (κ3) is 7.04. The topological polar surface area (TPSA) is 102 Å². The second-order valence-electron chi connectivity index (χ2n) is 9.20. The number of aliphatic carboxylic acids is 1. The van der Waals surface area contributed by atoms with E-state index in [2.05, 4.69) is 5.32 Å². The van der Waals surface area contributed by atoms with Gasteiger partial charge in [0.1, 0.15) is 17.3 Å². The Morgan fingerprint density at radius 1 is 0.886 bits per heavy atom. The van der Waals surface area contributed by atoms with Crippen molar-refractivity contribution in [2.75, 3.05) is 6.54 Å². The molecule has 2 aromatic rings. The minimum Gasteiger partial charge on any atom is -0.490 e. The first-order valence-corrected chi connectivity index (χ1v) is 12.2. The van der Waals surface area contributed by atoms with Gasteiger partial charge in [-0.05, 0) is 81.3 Å². The summed E-state index contributed by atoms with van der Waals surface area (Å²) in [6.07, 6.45) is 5.05. The molecular formula is C27H30FNO6. The Kier molecular flexibility index (Phi) is 8.00. The molecular weight excluding hydrogens is 453 g/mol. The maximum Gasteiger partial charge on any atom is 0.306 e. The number of hydrogen-bond acceptors (Lipinski definition) is 5. The number of carboxylic acids is 1. The van der Waals surface area contributed by atoms with Gasteiger partial charge >= 0.3 is 5.97 Å². The van der Waals surface area contributed by atoms with Gasteiger partial charge in [0.15, 0.2) is 5.78 Å². The van der Waals surface area contributed by atoms with Crippen LogP contribution in [-0.4, -0.2) is 41.5 Å². The molecule has 2 saturated carbocycles. The number of nitrogens with one attached hydrogen (secondary N) is 1. The van der Waals surface area contributed by atoms with Crippen LogP contribution in [0.2, 0.25) is 0 Å². The van der Waals surface area contributed by atoms with Gasteiger partial charge in [0.05, 0.1) is 23.7 Å². The summed E-state index contributed by atoms with van der Waals surface area (Å²) in [5.74, 6) is -1.28. The van der Waals surface area contributed by atoms with Crippen LogP contribution in [0.3, 0.4) is 0 Å². The molecule has 0 saturated heterocycles. The van der Waals surface area contributed by atoms with E-state index in [0.29, 0.717) is 56.1 Å². The molecule has 186 valence electrons. The van der Waals surface area contributed by atoms with Crippen LogP contribution in [0, 0.1) is 11.7 Å². The summed E-state index contributed by atoms with van der Waals surface area (Å²) in [7, 11) is 0. The first-order chi connectivity index (χ1) is 16.9. The Morgan fingerprint density at radius 3 is 2.09 bits per heavy atom. The van der Waals surface area contributed by atoms with E-state index in [1.807, 2.05) is 0 Å². The van der Waals surface area contributed by atoms with E-state index >= 15 is 0 Å². The van der Waals surface area contributed by atoms with Crippen molar-refractivity contribution >= 4 is 17.7 Å². The predicted octanol–water partition coefficient (Wildman–Crippen LogP) is 4.78. The minimum atomic E-state index is -0.787. The van der Waals surface area contributed by atoms with Crippen molar-refractivity contribution in [1.29, 1.82) is 0 Å². The first kappa shape index (κ1) is 24.7. The fourth-order valence-electron chi connectivity index (χ4n) is 4.17. The third-order valence-corrected chi connectivity index (χ3v) is 6.38. The molecule has 0 radical (unpaired) electrons. The highest BCUT2D eigenvalue weighted by Crippen LogP contribution is 2.29. The molecule has 2 aliphatic rings. The summed E-state index contributed by atoms with van der Waals surface area (Å²) in [4.78, 5) is 35.8. The van der Waals surface area contributed by atoms with E-state index in [1.165, 1.54) is 12.1 Å². The molecule has 2 aliphatic carbocycles. The zero-order chi connectivity index (χ0) is 24.8. The Bertz CT molecular complexity index is 1060. The van der Waals surface area contributed by atoms with Gasteiger partial charge in [-0.25, -0.2) is 4.39 Å². The Morgan fingerprint density at radius 2 is 1.49 bits per heavy atom. The zero-order valence-corrected chi connectivity index (χ0v) is 19.5. The molecule has 0 spiro atoms. The summed E-state index contributed by atoms with van der Waals surface area (Å²) in [6, 6.07) is 11.1. The van der Waals surface area contributed by atoms with Gasteiger partial charge in [0.25, 0.3) is 5.91 Å². The number of amides is 1. The minimum absolute atomic E-state index is 0.00971. The molecule has 35 heavy (non-hydrogen) atoms. The number of carboxylic acid groups (broad SMARTS) is 1. The van der Waals surface area contributed by atoms with Crippen LogP contribution in [0.1, 0.15) is 72.1 Å². The van der Waals surface area contributed by atoms with Gasteiger partial charge in [-0.15, -0.1) is 0 Å². The van der Waals surface area contributed by atoms with Crippen molar-refractivity contribution in [3.8, 4) is 11.5 Å².